The first-order valence-corrected chi connectivity index (χ1v) is 4.40. The van der Waals surface area contributed by atoms with Crippen LogP contribution in [0, 0.1) is 0 Å². The number of phenols is 1. The van der Waals surface area contributed by atoms with Crippen LogP contribution in [0.2, 0.25) is 0 Å². The topological polar surface area (TPSA) is 81.9 Å². The van der Waals surface area contributed by atoms with E-state index in [4.69, 9.17) is 5.21 Å². The van der Waals surface area contributed by atoms with Gasteiger partial charge in [-0.3, -0.25) is 15.0 Å². The number of amides is 1. The van der Waals surface area contributed by atoms with Gasteiger partial charge in [0.2, 0.25) is 0 Å². The molecule has 0 aliphatic heterocycles. The van der Waals surface area contributed by atoms with Gasteiger partial charge in [-0.05, 0) is 19.1 Å². The molecule has 5 heteroatoms. The zero-order valence-electron chi connectivity index (χ0n) is 8.21. The molecule has 5 nitrogen and oxygen atoms in total. The van der Waals surface area contributed by atoms with Crippen molar-refractivity contribution in [2.45, 2.75) is 13.0 Å². The van der Waals surface area contributed by atoms with Gasteiger partial charge in [-0.2, -0.15) is 0 Å². The summed E-state index contributed by atoms with van der Waals surface area (Å²) in [6, 6.07) is 5.93. The molecule has 0 bridgehead atoms. The van der Waals surface area contributed by atoms with E-state index in [0.717, 1.165) is 0 Å². The molecule has 1 unspecified atom stereocenters. The summed E-state index contributed by atoms with van der Waals surface area (Å²) in [5.74, 6) is -0.500. The number of para-hydroxylation sites is 1. The number of carbonyl (C=O) groups excluding carboxylic acids is 1. The molecule has 0 spiro atoms. The van der Waals surface area contributed by atoms with Crippen LogP contribution in [-0.4, -0.2) is 28.5 Å². The third kappa shape index (κ3) is 3.07. The van der Waals surface area contributed by atoms with Crippen molar-refractivity contribution in [3.63, 3.8) is 0 Å². The fourth-order valence-electron chi connectivity index (χ4n) is 0.950. The average Bonchev–Trinajstić information content (AvgIpc) is 2.26. The predicted molar refractivity (Wildman–Crippen MR) is 55.1 cm³/mol. The van der Waals surface area contributed by atoms with E-state index in [1.54, 1.807) is 18.2 Å². The summed E-state index contributed by atoms with van der Waals surface area (Å²) >= 11 is 0. The molecule has 0 heterocycles. The lowest BCUT2D eigenvalue weighted by atomic mass is 10.2. The average molecular weight is 208 g/mol. The quantitative estimate of drug-likeness (QED) is 0.388. The monoisotopic (exact) mass is 208 g/mol. The molecular weight excluding hydrogens is 196 g/mol. The van der Waals surface area contributed by atoms with Gasteiger partial charge in [-0.1, -0.05) is 12.1 Å². The van der Waals surface area contributed by atoms with E-state index in [0.29, 0.717) is 5.56 Å². The number of phenolic OH excluding ortho intramolecular Hbond substituents is 1. The minimum atomic E-state index is -0.699. The molecule has 0 aromatic heterocycles. The van der Waals surface area contributed by atoms with Crippen LogP contribution in [0.15, 0.2) is 29.3 Å². The Kier molecular flexibility index (Phi) is 3.82. The van der Waals surface area contributed by atoms with Gasteiger partial charge >= 0.3 is 0 Å². The van der Waals surface area contributed by atoms with Crippen LogP contribution in [0.3, 0.4) is 0 Å². The molecule has 1 aromatic carbocycles. The molecule has 1 amide bonds. The number of hydroxylamine groups is 1. The fraction of sp³-hybridized carbons (Fsp3) is 0.200. The highest BCUT2D eigenvalue weighted by Gasteiger charge is 2.08. The molecule has 1 atom stereocenters. The van der Waals surface area contributed by atoms with Crippen LogP contribution in [0.25, 0.3) is 0 Å². The van der Waals surface area contributed by atoms with Crippen LogP contribution in [0.4, 0.5) is 0 Å². The lowest BCUT2D eigenvalue weighted by molar-refractivity contribution is -0.130. The Hall–Kier alpha value is -1.88. The van der Waals surface area contributed by atoms with Crippen molar-refractivity contribution in [1.29, 1.82) is 0 Å². The van der Waals surface area contributed by atoms with Crippen molar-refractivity contribution in [2.75, 3.05) is 0 Å². The van der Waals surface area contributed by atoms with Crippen LogP contribution in [0.1, 0.15) is 12.5 Å². The number of nitrogens with one attached hydrogen (secondary N) is 1. The number of rotatable bonds is 3. The van der Waals surface area contributed by atoms with E-state index in [1.165, 1.54) is 24.7 Å². The second kappa shape index (κ2) is 5.11. The van der Waals surface area contributed by atoms with E-state index < -0.39 is 11.9 Å². The van der Waals surface area contributed by atoms with Gasteiger partial charge in [0.15, 0.2) is 0 Å². The third-order valence-electron chi connectivity index (χ3n) is 1.86. The first kappa shape index (κ1) is 11.2. The number of hydrogen-bond acceptors (Lipinski definition) is 4. The summed E-state index contributed by atoms with van der Waals surface area (Å²) in [4.78, 5) is 14.7. The number of nitrogens with zero attached hydrogens (tertiary/aromatic N) is 1. The molecule has 3 N–H and O–H groups in total. The second-order valence-electron chi connectivity index (χ2n) is 2.99. The predicted octanol–water partition coefficient (Wildman–Crippen LogP) is 0.705. The Morgan fingerprint density at radius 3 is 2.80 bits per heavy atom. The maximum absolute atomic E-state index is 10.9. The fourth-order valence-corrected chi connectivity index (χ4v) is 0.950. The number of aromatic hydroxyl groups is 1. The van der Waals surface area contributed by atoms with Gasteiger partial charge in [0.1, 0.15) is 11.8 Å². The molecule has 0 aliphatic carbocycles. The van der Waals surface area contributed by atoms with Crippen LogP contribution >= 0.6 is 0 Å². The van der Waals surface area contributed by atoms with E-state index in [9.17, 15) is 9.90 Å². The van der Waals surface area contributed by atoms with Crippen molar-refractivity contribution in [2.24, 2.45) is 4.99 Å². The molecular formula is C10H12N2O3. The number of aliphatic imine (C=N–C) groups is 1. The summed E-state index contributed by atoms with van der Waals surface area (Å²) < 4.78 is 0. The standard InChI is InChI=1S/C10H12N2O3/c1-7(10(14)12-15)11-6-8-4-2-3-5-9(8)13/h2-7,13,15H,1H3,(H,12,14). The first-order valence-electron chi connectivity index (χ1n) is 4.40. The summed E-state index contributed by atoms with van der Waals surface area (Å²) in [6.07, 6.45) is 1.38. The Balaban J connectivity index is 2.74. The molecule has 80 valence electrons. The Morgan fingerprint density at radius 2 is 2.20 bits per heavy atom. The van der Waals surface area contributed by atoms with Gasteiger partial charge in [0.05, 0.1) is 0 Å². The molecule has 0 saturated carbocycles. The SMILES string of the molecule is CC(N=Cc1ccccc1O)C(=O)NO. The van der Waals surface area contributed by atoms with E-state index in [1.807, 2.05) is 0 Å². The Labute approximate surface area is 87.0 Å². The molecule has 0 aliphatic rings. The van der Waals surface area contributed by atoms with Crippen molar-refractivity contribution in [1.82, 2.24) is 5.48 Å². The molecule has 15 heavy (non-hydrogen) atoms. The lowest BCUT2D eigenvalue weighted by Crippen LogP contribution is -2.28. The van der Waals surface area contributed by atoms with Crippen molar-refractivity contribution < 1.29 is 15.1 Å². The zero-order chi connectivity index (χ0) is 11.3. The summed E-state index contributed by atoms with van der Waals surface area (Å²) in [5.41, 5.74) is 2.02. The number of hydrogen-bond donors (Lipinski definition) is 3. The molecule has 0 radical (unpaired) electrons. The van der Waals surface area contributed by atoms with Gasteiger partial charge in [0, 0.05) is 11.8 Å². The number of benzene rings is 1. The number of carbonyl (C=O) groups is 1. The van der Waals surface area contributed by atoms with Gasteiger partial charge < -0.3 is 5.11 Å². The molecule has 1 aromatic rings. The largest absolute Gasteiger partial charge is 0.507 e. The van der Waals surface area contributed by atoms with Crippen LogP contribution < -0.4 is 5.48 Å². The van der Waals surface area contributed by atoms with Crippen molar-refractivity contribution >= 4 is 12.1 Å². The van der Waals surface area contributed by atoms with Crippen molar-refractivity contribution in [3.05, 3.63) is 29.8 Å². The Bertz CT molecular complexity index is 377. The summed E-state index contributed by atoms with van der Waals surface area (Å²) in [7, 11) is 0. The lowest BCUT2D eigenvalue weighted by Gasteiger charge is -2.02. The second-order valence-corrected chi connectivity index (χ2v) is 2.99. The van der Waals surface area contributed by atoms with Gasteiger partial charge in [-0.25, -0.2) is 5.48 Å². The highest BCUT2D eigenvalue weighted by atomic mass is 16.5. The van der Waals surface area contributed by atoms with Crippen LogP contribution in [0.5, 0.6) is 5.75 Å². The summed E-state index contributed by atoms with van der Waals surface area (Å²) in [6.45, 7) is 1.53. The van der Waals surface area contributed by atoms with E-state index >= 15 is 0 Å². The van der Waals surface area contributed by atoms with E-state index in [2.05, 4.69) is 4.99 Å². The maximum atomic E-state index is 10.9. The normalized spacial score (nSPS) is 12.7. The minimum Gasteiger partial charge on any atom is -0.507 e. The van der Waals surface area contributed by atoms with Crippen molar-refractivity contribution in [3.8, 4) is 5.75 Å². The summed E-state index contributed by atoms with van der Waals surface area (Å²) in [5, 5.41) is 17.7. The van der Waals surface area contributed by atoms with E-state index in [-0.39, 0.29) is 5.75 Å². The minimum absolute atomic E-state index is 0.0952. The van der Waals surface area contributed by atoms with Crippen LogP contribution in [-0.2, 0) is 4.79 Å². The highest BCUT2D eigenvalue weighted by Crippen LogP contribution is 2.12. The van der Waals surface area contributed by atoms with Gasteiger partial charge in [0.25, 0.3) is 5.91 Å². The van der Waals surface area contributed by atoms with Gasteiger partial charge in [-0.15, -0.1) is 0 Å². The smallest absolute Gasteiger partial charge is 0.267 e. The highest BCUT2D eigenvalue weighted by molar-refractivity contribution is 5.87. The molecule has 1 rings (SSSR count). The Morgan fingerprint density at radius 1 is 1.53 bits per heavy atom. The zero-order valence-corrected chi connectivity index (χ0v) is 8.21. The molecule has 0 fully saturated rings. The molecule has 0 saturated heterocycles. The third-order valence-corrected chi connectivity index (χ3v) is 1.86. The maximum Gasteiger partial charge on any atom is 0.267 e. The first-order chi connectivity index (χ1) is 7.15.